The number of Topliss-reactive ketones (excluding diaryl/α,β-unsaturated/α-hetero) is 1. The van der Waals surface area contributed by atoms with Gasteiger partial charge in [-0.1, -0.05) is 0 Å². The number of carbonyl (C=O) groups excluding carboxylic acids is 1. The van der Waals surface area contributed by atoms with E-state index in [1.54, 1.807) is 0 Å². The topological polar surface area (TPSA) is 26.3 Å². The van der Waals surface area contributed by atoms with Gasteiger partial charge in [0.05, 0.1) is 11.1 Å². The van der Waals surface area contributed by atoms with Gasteiger partial charge in [0.15, 0.2) is 46.4 Å². The second-order valence-corrected chi connectivity index (χ2v) is 4.90. The second-order valence-electron chi connectivity index (χ2n) is 4.90. The monoisotopic (exact) mass is 388 g/mol. The van der Waals surface area contributed by atoms with Crippen molar-refractivity contribution in [2.45, 2.75) is 6.92 Å². The van der Waals surface area contributed by atoms with Crippen molar-refractivity contribution in [3.8, 4) is 16.9 Å². The summed E-state index contributed by atoms with van der Waals surface area (Å²) in [6, 6.07) is 0. The van der Waals surface area contributed by atoms with Crippen LogP contribution >= 0.6 is 0 Å². The molecule has 0 saturated carbocycles. The van der Waals surface area contributed by atoms with Gasteiger partial charge in [0, 0.05) is 0 Å². The molecule has 0 aliphatic rings. The van der Waals surface area contributed by atoms with Crippen molar-refractivity contribution >= 4 is 5.78 Å². The zero-order valence-corrected chi connectivity index (χ0v) is 12.4. The highest BCUT2D eigenvalue weighted by Gasteiger charge is 2.35. The number of hydrogen-bond acceptors (Lipinski definition) is 2. The summed E-state index contributed by atoms with van der Waals surface area (Å²) < 4.78 is 126. The lowest BCUT2D eigenvalue weighted by Crippen LogP contribution is -2.13. The lowest BCUT2D eigenvalue weighted by Gasteiger charge is -2.16. The van der Waals surface area contributed by atoms with Gasteiger partial charge in [-0.25, -0.2) is 35.1 Å². The fraction of sp³-hybridized carbons (Fsp3) is 0.133. The molecule has 0 bridgehead atoms. The molecule has 0 radical (unpaired) electrons. The van der Waals surface area contributed by atoms with E-state index in [1.807, 2.05) is 0 Å². The Morgan fingerprint density at radius 2 is 0.962 bits per heavy atom. The van der Waals surface area contributed by atoms with Gasteiger partial charge in [-0.3, -0.25) is 4.79 Å². The number of rotatable bonds is 4. The van der Waals surface area contributed by atoms with Crippen LogP contribution in [0.15, 0.2) is 0 Å². The molecule has 0 aliphatic heterocycles. The van der Waals surface area contributed by atoms with Crippen LogP contribution in [0.1, 0.15) is 6.92 Å². The first-order valence-corrected chi connectivity index (χ1v) is 6.50. The lowest BCUT2D eigenvalue weighted by atomic mass is 10.0. The third-order valence-corrected chi connectivity index (χ3v) is 3.10. The molecule has 0 N–H and O–H groups in total. The first-order valence-electron chi connectivity index (χ1n) is 6.50. The first kappa shape index (κ1) is 19.6. The molecule has 2 aromatic carbocycles. The summed E-state index contributed by atoms with van der Waals surface area (Å²) in [5, 5.41) is 0. The summed E-state index contributed by atoms with van der Waals surface area (Å²) in [6.45, 7) is -0.226. The highest BCUT2D eigenvalue weighted by molar-refractivity contribution is 5.78. The minimum Gasteiger partial charge on any atom is -0.482 e. The van der Waals surface area contributed by atoms with Crippen LogP contribution in [0.25, 0.3) is 11.1 Å². The second kappa shape index (κ2) is 6.89. The third-order valence-electron chi connectivity index (χ3n) is 3.10. The van der Waals surface area contributed by atoms with Crippen molar-refractivity contribution in [2.24, 2.45) is 0 Å². The van der Waals surface area contributed by atoms with Crippen LogP contribution in [0.3, 0.4) is 0 Å². The molecule has 2 rings (SSSR count). The number of carbonyl (C=O) groups is 1. The number of benzene rings is 2. The van der Waals surface area contributed by atoms with Gasteiger partial charge in [-0.15, -0.1) is 0 Å². The standard InChI is InChI=1S/C15H5F9O2/c1-3(25)2-26-15-5(8(18)11(21)13(23)14(15)24)4-6(16)9(19)12(22)10(20)7(4)17/h2H2,1H3. The van der Waals surface area contributed by atoms with Crippen LogP contribution in [-0.2, 0) is 4.79 Å². The number of hydrogen-bond donors (Lipinski definition) is 0. The highest BCUT2D eigenvalue weighted by Crippen LogP contribution is 2.42. The van der Waals surface area contributed by atoms with Gasteiger partial charge in [-0.2, -0.15) is 4.39 Å². The van der Waals surface area contributed by atoms with Gasteiger partial charge in [-0.05, 0) is 6.92 Å². The fourth-order valence-electron chi connectivity index (χ4n) is 1.97. The molecule has 2 nitrogen and oxygen atoms in total. The van der Waals surface area contributed by atoms with Crippen molar-refractivity contribution in [1.82, 2.24) is 0 Å². The number of halogens is 9. The molecule has 0 spiro atoms. The fourth-order valence-corrected chi connectivity index (χ4v) is 1.97. The summed E-state index contributed by atoms with van der Waals surface area (Å²) >= 11 is 0. The number of ketones is 1. The van der Waals surface area contributed by atoms with E-state index in [9.17, 15) is 44.3 Å². The Bertz CT molecular complexity index is 896. The Morgan fingerprint density at radius 3 is 1.38 bits per heavy atom. The van der Waals surface area contributed by atoms with Crippen molar-refractivity contribution in [1.29, 1.82) is 0 Å². The van der Waals surface area contributed by atoms with E-state index in [0.29, 0.717) is 0 Å². The van der Waals surface area contributed by atoms with Gasteiger partial charge in [0.1, 0.15) is 6.61 Å². The molecule has 0 unspecified atom stereocenters. The predicted molar refractivity (Wildman–Crippen MR) is 67.7 cm³/mol. The average molecular weight is 388 g/mol. The quantitative estimate of drug-likeness (QED) is 0.436. The molecule has 0 heterocycles. The van der Waals surface area contributed by atoms with Crippen molar-refractivity contribution in [3.63, 3.8) is 0 Å². The van der Waals surface area contributed by atoms with Gasteiger partial charge < -0.3 is 4.74 Å². The summed E-state index contributed by atoms with van der Waals surface area (Å²) in [5.74, 6) is -25.4. The normalized spacial score (nSPS) is 11.0. The molecule has 0 atom stereocenters. The summed E-state index contributed by atoms with van der Waals surface area (Å²) in [6.07, 6.45) is 0. The van der Waals surface area contributed by atoms with Crippen LogP contribution in [0, 0.1) is 52.4 Å². The maximum Gasteiger partial charge on any atom is 0.204 e. The van der Waals surface area contributed by atoms with Crippen molar-refractivity contribution in [3.05, 3.63) is 52.4 Å². The van der Waals surface area contributed by atoms with E-state index in [0.717, 1.165) is 6.92 Å². The minimum atomic E-state index is -2.62. The maximum absolute atomic E-state index is 14.0. The lowest BCUT2D eigenvalue weighted by molar-refractivity contribution is -0.118. The van der Waals surface area contributed by atoms with Gasteiger partial charge in [0.2, 0.25) is 17.5 Å². The molecular formula is C15H5F9O2. The van der Waals surface area contributed by atoms with Crippen molar-refractivity contribution < 1.29 is 49.0 Å². The highest BCUT2D eigenvalue weighted by atomic mass is 19.2. The number of ether oxygens (including phenoxy) is 1. The van der Waals surface area contributed by atoms with E-state index >= 15 is 0 Å². The maximum atomic E-state index is 14.0. The molecule has 0 aromatic heterocycles. The Morgan fingerprint density at radius 1 is 0.615 bits per heavy atom. The van der Waals surface area contributed by atoms with E-state index in [-0.39, 0.29) is 0 Å². The molecule has 0 aliphatic carbocycles. The molecule has 11 heteroatoms. The molecular weight excluding hydrogens is 383 g/mol. The SMILES string of the molecule is CC(=O)COc1c(F)c(F)c(F)c(F)c1-c1c(F)c(F)c(F)c(F)c1F. The van der Waals surface area contributed by atoms with Crippen LogP contribution in [0.2, 0.25) is 0 Å². The molecule has 26 heavy (non-hydrogen) atoms. The van der Waals surface area contributed by atoms with Crippen molar-refractivity contribution in [2.75, 3.05) is 6.61 Å². The predicted octanol–water partition coefficient (Wildman–Crippen LogP) is 4.57. The zero-order valence-electron chi connectivity index (χ0n) is 12.4. The van der Waals surface area contributed by atoms with E-state index in [2.05, 4.69) is 4.74 Å². The molecule has 0 fully saturated rings. The Labute approximate surface area is 138 Å². The average Bonchev–Trinajstić information content (AvgIpc) is 2.60. The summed E-state index contributed by atoms with van der Waals surface area (Å²) in [5.41, 5.74) is -3.99. The molecule has 0 amide bonds. The first-order chi connectivity index (χ1) is 12.0. The smallest absolute Gasteiger partial charge is 0.204 e. The van der Waals surface area contributed by atoms with Crippen LogP contribution in [0.5, 0.6) is 5.75 Å². The third kappa shape index (κ3) is 2.97. The van der Waals surface area contributed by atoms with Gasteiger partial charge >= 0.3 is 0 Å². The van der Waals surface area contributed by atoms with Crippen LogP contribution in [-0.4, -0.2) is 12.4 Å². The Hall–Kier alpha value is -2.72. The van der Waals surface area contributed by atoms with Gasteiger partial charge in [0.25, 0.3) is 0 Å². The van der Waals surface area contributed by atoms with E-state index < -0.39 is 81.6 Å². The zero-order chi connectivity index (χ0) is 19.9. The molecule has 2 aromatic rings. The Kier molecular flexibility index (Phi) is 5.19. The van der Waals surface area contributed by atoms with E-state index in [4.69, 9.17) is 0 Å². The van der Waals surface area contributed by atoms with E-state index in [1.165, 1.54) is 0 Å². The van der Waals surface area contributed by atoms with Crippen LogP contribution < -0.4 is 4.74 Å². The largest absolute Gasteiger partial charge is 0.482 e. The molecule has 0 saturated heterocycles. The summed E-state index contributed by atoms with van der Waals surface area (Å²) in [4.78, 5) is 10.9. The Balaban J connectivity index is 2.96. The summed E-state index contributed by atoms with van der Waals surface area (Å²) in [7, 11) is 0. The van der Waals surface area contributed by atoms with Crippen LogP contribution in [0.4, 0.5) is 39.5 Å². The molecule has 140 valence electrons. The minimum absolute atomic E-state index is 0.863.